The Kier molecular flexibility index (Phi) is 5.46. The summed E-state index contributed by atoms with van der Waals surface area (Å²) in [5.74, 6) is -0.304. The van der Waals surface area contributed by atoms with Crippen molar-refractivity contribution in [2.24, 2.45) is 5.73 Å². The lowest BCUT2D eigenvalue weighted by Crippen LogP contribution is -2.27. The van der Waals surface area contributed by atoms with Crippen LogP contribution >= 0.6 is 12.2 Å². The summed E-state index contributed by atoms with van der Waals surface area (Å²) in [4.78, 5) is 0.266. The molecule has 1 aromatic carbocycles. The van der Waals surface area contributed by atoms with Crippen LogP contribution < -0.4 is 5.73 Å². The average Bonchev–Trinajstić information content (AvgIpc) is 2.45. The first-order valence-corrected chi connectivity index (χ1v) is 7.23. The van der Waals surface area contributed by atoms with Gasteiger partial charge in [0, 0.05) is 12.7 Å². The zero-order valence-electron chi connectivity index (χ0n) is 11.6. The number of hydrogen-bond donors (Lipinski definition) is 1. The molecule has 1 aromatic rings. The fourth-order valence-electron chi connectivity index (χ4n) is 2.60. The summed E-state index contributed by atoms with van der Waals surface area (Å²) in [5.41, 5.74) is 7.04. The quantitative estimate of drug-likeness (QED) is 0.849. The van der Waals surface area contributed by atoms with Crippen molar-refractivity contribution in [2.45, 2.75) is 44.5 Å². The van der Waals surface area contributed by atoms with E-state index in [1.54, 1.807) is 13.2 Å². The van der Waals surface area contributed by atoms with E-state index < -0.39 is 0 Å². The first-order chi connectivity index (χ1) is 9.60. The highest BCUT2D eigenvalue weighted by Gasteiger charge is 2.22. The van der Waals surface area contributed by atoms with Crippen LogP contribution in [0.15, 0.2) is 18.2 Å². The Balaban J connectivity index is 1.99. The van der Waals surface area contributed by atoms with E-state index in [0.717, 1.165) is 25.7 Å². The third-order valence-corrected chi connectivity index (χ3v) is 3.94. The molecule has 3 nitrogen and oxygen atoms in total. The van der Waals surface area contributed by atoms with Gasteiger partial charge in [0.2, 0.25) is 0 Å². The summed E-state index contributed by atoms with van der Waals surface area (Å²) in [6, 6.07) is 4.40. The Hall–Kier alpha value is -1.04. The minimum absolute atomic E-state index is 0.149. The van der Waals surface area contributed by atoms with Gasteiger partial charge in [-0.3, -0.25) is 0 Å². The molecule has 0 bridgehead atoms. The molecule has 1 aliphatic carbocycles. The second-order valence-corrected chi connectivity index (χ2v) is 5.56. The maximum atomic E-state index is 13.3. The normalized spacial score (nSPS) is 22.7. The van der Waals surface area contributed by atoms with Gasteiger partial charge in [-0.25, -0.2) is 4.39 Å². The highest BCUT2D eigenvalue weighted by atomic mass is 32.1. The maximum absolute atomic E-state index is 13.3. The molecule has 2 unspecified atom stereocenters. The molecule has 1 aliphatic rings. The minimum atomic E-state index is -0.304. The molecule has 2 N–H and O–H groups in total. The molecule has 110 valence electrons. The van der Waals surface area contributed by atoms with Crippen molar-refractivity contribution in [1.82, 2.24) is 0 Å². The minimum Gasteiger partial charge on any atom is -0.389 e. The second kappa shape index (κ2) is 7.11. The SMILES string of the molecule is COC1CCCC(OCc2cc(F)ccc2C(N)=S)C1. The maximum Gasteiger partial charge on any atom is 0.123 e. The van der Waals surface area contributed by atoms with Crippen molar-refractivity contribution in [3.8, 4) is 0 Å². The number of thiocarbonyl (C=S) groups is 1. The van der Waals surface area contributed by atoms with Gasteiger partial charge in [0.1, 0.15) is 10.8 Å². The molecule has 0 amide bonds. The van der Waals surface area contributed by atoms with E-state index in [9.17, 15) is 4.39 Å². The molecule has 2 atom stereocenters. The van der Waals surface area contributed by atoms with Gasteiger partial charge < -0.3 is 15.2 Å². The first-order valence-electron chi connectivity index (χ1n) is 6.82. The summed E-state index contributed by atoms with van der Waals surface area (Å²) in [6.07, 6.45) is 4.47. The number of rotatable bonds is 5. The van der Waals surface area contributed by atoms with Gasteiger partial charge in [-0.2, -0.15) is 0 Å². The van der Waals surface area contributed by atoms with Gasteiger partial charge >= 0.3 is 0 Å². The number of nitrogens with two attached hydrogens (primary N) is 1. The molecular formula is C15H20FNO2S. The topological polar surface area (TPSA) is 44.5 Å². The summed E-state index contributed by atoms with van der Waals surface area (Å²) < 4.78 is 24.6. The summed E-state index contributed by atoms with van der Waals surface area (Å²) in [5, 5.41) is 0. The van der Waals surface area contributed by atoms with Crippen LogP contribution in [-0.4, -0.2) is 24.3 Å². The van der Waals surface area contributed by atoms with Crippen LogP contribution in [0.2, 0.25) is 0 Å². The molecule has 0 aromatic heterocycles. The predicted octanol–water partition coefficient (Wildman–Crippen LogP) is 2.93. The summed E-state index contributed by atoms with van der Waals surface area (Å²) >= 11 is 4.98. The fourth-order valence-corrected chi connectivity index (χ4v) is 2.80. The van der Waals surface area contributed by atoms with Crippen molar-refractivity contribution < 1.29 is 13.9 Å². The van der Waals surface area contributed by atoms with Crippen molar-refractivity contribution >= 4 is 17.2 Å². The lowest BCUT2D eigenvalue weighted by atomic mass is 9.95. The van der Waals surface area contributed by atoms with Crippen LogP contribution in [0.4, 0.5) is 4.39 Å². The lowest BCUT2D eigenvalue weighted by molar-refractivity contribution is -0.0364. The monoisotopic (exact) mass is 297 g/mol. The number of halogens is 1. The molecule has 1 saturated carbocycles. The van der Waals surface area contributed by atoms with Gasteiger partial charge in [0.25, 0.3) is 0 Å². The van der Waals surface area contributed by atoms with Crippen molar-refractivity contribution in [2.75, 3.05) is 7.11 Å². The molecular weight excluding hydrogens is 277 g/mol. The van der Waals surface area contributed by atoms with E-state index in [2.05, 4.69) is 0 Å². The lowest BCUT2D eigenvalue weighted by Gasteiger charge is -2.28. The first kappa shape index (κ1) is 15.4. The van der Waals surface area contributed by atoms with Gasteiger partial charge in [0.05, 0.1) is 18.8 Å². The summed E-state index contributed by atoms with van der Waals surface area (Å²) in [7, 11) is 1.73. The standard InChI is InChI=1S/C15H20FNO2S/c1-18-12-3-2-4-13(8-12)19-9-10-7-11(16)5-6-14(10)15(17)20/h5-7,12-13H,2-4,8-9H2,1H3,(H2,17,20). The molecule has 0 aliphatic heterocycles. The van der Waals surface area contributed by atoms with Crippen molar-refractivity contribution in [1.29, 1.82) is 0 Å². The Morgan fingerprint density at radius 1 is 1.40 bits per heavy atom. The van der Waals surface area contributed by atoms with Crippen LogP contribution in [0.5, 0.6) is 0 Å². The predicted molar refractivity (Wildman–Crippen MR) is 80.1 cm³/mol. The van der Waals surface area contributed by atoms with Crippen LogP contribution in [0.1, 0.15) is 36.8 Å². The Labute approximate surface area is 124 Å². The number of ether oxygens (including phenoxy) is 2. The Bertz CT molecular complexity index is 481. The van der Waals surface area contributed by atoms with Gasteiger partial charge in [-0.05, 0) is 49.4 Å². The van der Waals surface area contributed by atoms with Crippen LogP contribution in [-0.2, 0) is 16.1 Å². The van der Waals surface area contributed by atoms with Gasteiger partial charge in [-0.15, -0.1) is 0 Å². The smallest absolute Gasteiger partial charge is 0.123 e. The van der Waals surface area contributed by atoms with E-state index in [1.165, 1.54) is 12.1 Å². The van der Waals surface area contributed by atoms with Gasteiger partial charge in [-0.1, -0.05) is 12.2 Å². The molecule has 0 saturated heterocycles. The number of hydrogen-bond acceptors (Lipinski definition) is 3. The molecule has 2 rings (SSSR count). The van der Waals surface area contributed by atoms with E-state index in [0.29, 0.717) is 17.7 Å². The molecule has 5 heteroatoms. The van der Waals surface area contributed by atoms with E-state index in [4.69, 9.17) is 27.4 Å². The Morgan fingerprint density at radius 3 is 2.85 bits per heavy atom. The zero-order valence-corrected chi connectivity index (χ0v) is 12.4. The van der Waals surface area contributed by atoms with E-state index in [1.807, 2.05) is 0 Å². The molecule has 0 heterocycles. The third kappa shape index (κ3) is 3.98. The van der Waals surface area contributed by atoms with Crippen LogP contribution in [0, 0.1) is 5.82 Å². The molecule has 20 heavy (non-hydrogen) atoms. The third-order valence-electron chi connectivity index (χ3n) is 3.72. The second-order valence-electron chi connectivity index (χ2n) is 5.12. The Morgan fingerprint density at radius 2 is 2.15 bits per heavy atom. The zero-order chi connectivity index (χ0) is 14.5. The summed E-state index contributed by atoms with van der Waals surface area (Å²) in [6.45, 7) is 0.325. The van der Waals surface area contributed by atoms with E-state index in [-0.39, 0.29) is 23.0 Å². The van der Waals surface area contributed by atoms with E-state index >= 15 is 0 Å². The van der Waals surface area contributed by atoms with Crippen molar-refractivity contribution in [3.05, 3.63) is 35.1 Å². The van der Waals surface area contributed by atoms with Crippen LogP contribution in [0.25, 0.3) is 0 Å². The number of benzene rings is 1. The molecule has 1 fully saturated rings. The highest BCUT2D eigenvalue weighted by Crippen LogP contribution is 2.24. The average molecular weight is 297 g/mol. The molecule has 0 spiro atoms. The fraction of sp³-hybridized carbons (Fsp3) is 0.533. The number of methoxy groups -OCH3 is 1. The van der Waals surface area contributed by atoms with Gasteiger partial charge in [0.15, 0.2) is 0 Å². The molecule has 0 radical (unpaired) electrons. The van der Waals surface area contributed by atoms with Crippen molar-refractivity contribution in [3.63, 3.8) is 0 Å². The van der Waals surface area contributed by atoms with Crippen LogP contribution in [0.3, 0.4) is 0 Å². The largest absolute Gasteiger partial charge is 0.389 e. The highest BCUT2D eigenvalue weighted by molar-refractivity contribution is 7.80.